The van der Waals surface area contributed by atoms with Crippen molar-refractivity contribution in [1.29, 1.82) is 0 Å². The second kappa shape index (κ2) is 9.40. The van der Waals surface area contributed by atoms with E-state index < -0.39 is 0 Å². The average Bonchev–Trinajstić information content (AvgIpc) is 2.42. The van der Waals surface area contributed by atoms with Gasteiger partial charge in [-0.2, -0.15) is 0 Å². The molecule has 0 radical (unpaired) electrons. The van der Waals surface area contributed by atoms with Gasteiger partial charge in [0.15, 0.2) is 0 Å². The largest absolute Gasteiger partial charge is 0.490 e. The first kappa shape index (κ1) is 16.5. The van der Waals surface area contributed by atoms with Crippen LogP contribution in [0.4, 0.5) is 0 Å². The second-order valence-electron chi connectivity index (χ2n) is 4.41. The van der Waals surface area contributed by atoms with E-state index in [0.29, 0.717) is 11.6 Å². The van der Waals surface area contributed by atoms with Crippen molar-refractivity contribution in [3.63, 3.8) is 0 Å². The minimum Gasteiger partial charge on any atom is -0.490 e. The van der Waals surface area contributed by atoms with E-state index in [1.807, 2.05) is 36.4 Å². The fraction of sp³-hybridized carbons (Fsp3) is 0.294. The highest BCUT2D eigenvalue weighted by atomic mass is 35.5. The van der Waals surface area contributed by atoms with Gasteiger partial charge in [-0.3, -0.25) is 4.90 Å². The summed E-state index contributed by atoms with van der Waals surface area (Å²) in [7, 11) is 0. The van der Waals surface area contributed by atoms with Crippen LogP contribution in [0.25, 0.3) is 0 Å². The Morgan fingerprint density at radius 2 is 1.80 bits per heavy atom. The summed E-state index contributed by atoms with van der Waals surface area (Å²) in [6.45, 7) is 14.3. The molecule has 0 aliphatic rings. The molecule has 1 aromatic carbocycles. The maximum absolute atomic E-state index is 6.20. The van der Waals surface area contributed by atoms with Crippen molar-refractivity contribution < 1.29 is 4.74 Å². The van der Waals surface area contributed by atoms with Gasteiger partial charge in [-0.05, 0) is 18.1 Å². The van der Waals surface area contributed by atoms with Gasteiger partial charge in [0.2, 0.25) is 0 Å². The van der Waals surface area contributed by atoms with Crippen LogP contribution < -0.4 is 4.74 Å². The smallest absolute Gasteiger partial charge is 0.141 e. The third-order valence-corrected chi connectivity index (χ3v) is 3.14. The standard InChI is InChI=1S/C17H22ClNO/c1-4-8-15-9-7-10-16(18)17(15)20-14-13-19(11-5-2)12-6-3/h4-7,9-10H,1-3,8,11-14H2. The molecule has 0 fully saturated rings. The summed E-state index contributed by atoms with van der Waals surface area (Å²) in [4.78, 5) is 2.20. The molecule has 2 nitrogen and oxygen atoms in total. The molecule has 0 spiro atoms. The first-order chi connectivity index (χ1) is 9.72. The van der Waals surface area contributed by atoms with Crippen LogP contribution in [0, 0.1) is 0 Å². The first-order valence-corrected chi connectivity index (χ1v) is 7.06. The molecule has 0 amide bonds. The summed E-state index contributed by atoms with van der Waals surface area (Å²) in [5, 5.41) is 0.642. The van der Waals surface area contributed by atoms with Crippen LogP contribution in [0.1, 0.15) is 5.56 Å². The van der Waals surface area contributed by atoms with Gasteiger partial charge >= 0.3 is 0 Å². The van der Waals surface area contributed by atoms with Crippen molar-refractivity contribution in [2.24, 2.45) is 0 Å². The maximum Gasteiger partial charge on any atom is 0.141 e. The number of ether oxygens (including phenoxy) is 1. The number of hydrogen-bond donors (Lipinski definition) is 0. The maximum atomic E-state index is 6.20. The predicted octanol–water partition coefficient (Wildman–Crippen LogP) is 4.12. The summed E-state index contributed by atoms with van der Waals surface area (Å²) in [5.74, 6) is 0.756. The van der Waals surface area contributed by atoms with Crippen LogP contribution >= 0.6 is 11.6 Å². The van der Waals surface area contributed by atoms with E-state index in [-0.39, 0.29) is 0 Å². The quantitative estimate of drug-likeness (QED) is 0.601. The van der Waals surface area contributed by atoms with Gasteiger partial charge in [0.05, 0.1) is 5.02 Å². The summed E-state index contributed by atoms with van der Waals surface area (Å²) < 4.78 is 5.85. The van der Waals surface area contributed by atoms with Crippen LogP contribution in [0.3, 0.4) is 0 Å². The molecule has 0 heterocycles. The fourth-order valence-corrected chi connectivity index (χ4v) is 2.18. The molecule has 20 heavy (non-hydrogen) atoms. The minimum atomic E-state index is 0.579. The van der Waals surface area contributed by atoms with Crippen molar-refractivity contribution in [2.75, 3.05) is 26.2 Å². The molecule has 0 aliphatic heterocycles. The van der Waals surface area contributed by atoms with Gasteiger partial charge in [-0.15, -0.1) is 19.7 Å². The predicted molar refractivity (Wildman–Crippen MR) is 87.7 cm³/mol. The van der Waals surface area contributed by atoms with E-state index in [1.54, 1.807) is 0 Å². The van der Waals surface area contributed by atoms with Gasteiger partial charge in [-0.25, -0.2) is 0 Å². The SMILES string of the molecule is C=CCc1cccc(Cl)c1OCCN(CC=C)CC=C. The van der Waals surface area contributed by atoms with Gasteiger partial charge in [0.1, 0.15) is 12.4 Å². The van der Waals surface area contributed by atoms with Gasteiger partial charge < -0.3 is 4.74 Å². The topological polar surface area (TPSA) is 12.5 Å². The summed E-state index contributed by atoms with van der Waals surface area (Å²) in [6, 6.07) is 5.78. The second-order valence-corrected chi connectivity index (χ2v) is 4.81. The van der Waals surface area contributed by atoms with E-state index in [0.717, 1.165) is 37.4 Å². The van der Waals surface area contributed by atoms with E-state index in [9.17, 15) is 0 Å². The fourth-order valence-electron chi connectivity index (χ4n) is 1.93. The Labute approximate surface area is 127 Å². The molecule has 0 aliphatic carbocycles. The molecule has 0 saturated heterocycles. The Morgan fingerprint density at radius 1 is 1.10 bits per heavy atom. The Morgan fingerprint density at radius 3 is 2.40 bits per heavy atom. The molecule has 0 unspecified atom stereocenters. The molecule has 1 aromatic rings. The Kier molecular flexibility index (Phi) is 7.78. The molecule has 3 heteroatoms. The number of allylic oxidation sites excluding steroid dienone is 1. The Bertz CT molecular complexity index is 446. The number of benzene rings is 1. The molecule has 0 N–H and O–H groups in total. The third kappa shape index (κ3) is 5.24. The molecule has 0 saturated carbocycles. The monoisotopic (exact) mass is 291 g/mol. The van der Waals surface area contributed by atoms with Crippen LogP contribution in [0.15, 0.2) is 56.2 Å². The highest BCUT2D eigenvalue weighted by molar-refractivity contribution is 6.32. The van der Waals surface area contributed by atoms with Crippen LogP contribution in [0.2, 0.25) is 5.02 Å². The minimum absolute atomic E-state index is 0.579. The van der Waals surface area contributed by atoms with Crippen molar-refractivity contribution >= 4 is 11.6 Å². The number of nitrogens with zero attached hydrogens (tertiary/aromatic N) is 1. The lowest BCUT2D eigenvalue weighted by molar-refractivity contribution is 0.235. The van der Waals surface area contributed by atoms with Gasteiger partial charge in [0, 0.05) is 19.6 Å². The highest BCUT2D eigenvalue weighted by Gasteiger charge is 2.08. The lowest BCUT2D eigenvalue weighted by Crippen LogP contribution is -2.28. The summed E-state index contributed by atoms with van der Waals surface area (Å²) in [6.07, 6.45) is 6.35. The van der Waals surface area contributed by atoms with Crippen molar-refractivity contribution in [1.82, 2.24) is 4.90 Å². The number of para-hydroxylation sites is 1. The lowest BCUT2D eigenvalue weighted by Gasteiger charge is -2.19. The average molecular weight is 292 g/mol. The van der Waals surface area contributed by atoms with Crippen LogP contribution in [-0.4, -0.2) is 31.1 Å². The molecular formula is C17H22ClNO. The van der Waals surface area contributed by atoms with E-state index in [1.165, 1.54) is 0 Å². The summed E-state index contributed by atoms with van der Waals surface area (Å²) in [5.41, 5.74) is 1.06. The van der Waals surface area contributed by atoms with E-state index in [4.69, 9.17) is 16.3 Å². The Hall–Kier alpha value is -1.51. The van der Waals surface area contributed by atoms with Gasteiger partial charge in [0.25, 0.3) is 0 Å². The van der Waals surface area contributed by atoms with Crippen LogP contribution in [0.5, 0.6) is 5.75 Å². The number of rotatable bonds is 10. The van der Waals surface area contributed by atoms with Crippen molar-refractivity contribution in [2.45, 2.75) is 6.42 Å². The molecule has 108 valence electrons. The number of hydrogen-bond acceptors (Lipinski definition) is 2. The number of halogens is 1. The molecule has 1 rings (SSSR count). The highest BCUT2D eigenvalue weighted by Crippen LogP contribution is 2.29. The summed E-state index contributed by atoms with van der Waals surface area (Å²) >= 11 is 6.20. The zero-order chi connectivity index (χ0) is 14.8. The molecular weight excluding hydrogens is 270 g/mol. The zero-order valence-corrected chi connectivity index (χ0v) is 12.6. The van der Waals surface area contributed by atoms with Crippen LogP contribution in [-0.2, 0) is 6.42 Å². The van der Waals surface area contributed by atoms with E-state index in [2.05, 4.69) is 24.6 Å². The van der Waals surface area contributed by atoms with Crippen molar-refractivity contribution in [3.05, 3.63) is 66.8 Å². The first-order valence-electron chi connectivity index (χ1n) is 6.68. The molecule has 0 aromatic heterocycles. The Balaban J connectivity index is 2.62. The third-order valence-electron chi connectivity index (χ3n) is 2.84. The molecule has 0 atom stereocenters. The molecule has 0 bridgehead atoms. The van der Waals surface area contributed by atoms with E-state index >= 15 is 0 Å². The lowest BCUT2D eigenvalue weighted by atomic mass is 10.1. The van der Waals surface area contributed by atoms with Crippen molar-refractivity contribution in [3.8, 4) is 5.75 Å². The van der Waals surface area contributed by atoms with Gasteiger partial charge in [-0.1, -0.05) is 42.0 Å². The normalized spacial score (nSPS) is 10.3. The zero-order valence-electron chi connectivity index (χ0n) is 11.9.